The van der Waals surface area contributed by atoms with Crippen LogP contribution in [0.1, 0.15) is 34.1 Å². The van der Waals surface area contributed by atoms with Gasteiger partial charge in [0.05, 0.1) is 12.2 Å². The lowest BCUT2D eigenvalue weighted by Gasteiger charge is -2.34. The van der Waals surface area contributed by atoms with Gasteiger partial charge in [0, 0.05) is 6.61 Å². The van der Waals surface area contributed by atoms with E-state index in [0.29, 0.717) is 13.2 Å². The maximum absolute atomic E-state index is 5.76. The highest BCUT2D eigenvalue weighted by atomic mass is 16.7. The molecule has 0 saturated heterocycles. The van der Waals surface area contributed by atoms with Crippen molar-refractivity contribution in [2.24, 2.45) is 0 Å². The van der Waals surface area contributed by atoms with Crippen LogP contribution in [-0.4, -0.2) is 25.1 Å². The molecule has 1 heterocycles. The summed E-state index contributed by atoms with van der Waals surface area (Å²) in [6.45, 7) is 9.30. The van der Waals surface area contributed by atoms with E-state index in [-0.39, 0.29) is 11.9 Å². The number of hydrogen-bond acceptors (Lipinski definition) is 3. The monoisotopic (exact) mass is 200 g/mol. The van der Waals surface area contributed by atoms with Gasteiger partial charge in [-0.1, -0.05) is 0 Å². The summed E-state index contributed by atoms with van der Waals surface area (Å²) >= 11 is 0. The zero-order chi connectivity index (χ0) is 10.6. The second kappa shape index (κ2) is 4.80. The zero-order valence-electron chi connectivity index (χ0n) is 9.50. The zero-order valence-corrected chi connectivity index (χ0v) is 9.50. The lowest BCUT2D eigenvalue weighted by molar-refractivity contribution is -0.203. The van der Waals surface area contributed by atoms with Crippen LogP contribution in [0.4, 0.5) is 0 Å². The van der Waals surface area contributed by atoms with Crippen molar-refractivity contribution in [1.29, 1.82) is 0 Å². The van der Waals surface area contributed by atoms with Crippen LogP contribution >= 0.6 is 0 Å². The van der Waals surface area contributed by atoms with Crippen LogP contribution in [-0.2, 0) is 14.2 Å². The molecule has 0 saturated carbocycles. The first-order chi connectivity index (χ1) is 6.59. The van der Waals surface area contributed by atoms with Crippen molar-refractivity contribution < 1.29 is 14.2 Å². The van der Waals surface area contributed by atoms with Crippen molar-refractivity contribution >= 4 is 0 Å². The van der Waals surface area contributed by atoms with Crippen LogP contribution in [0.3, 0.4) is 0 Å². The minimum Gasteiger partial charge on any atom is -0.493 e. The Bertz CT molecular complexity index is 209. The molecule has 1 rings (SSSR count). The van der Waals surface area contributed by atoms with Gasteiger partial charge in [0.2, 0.25) is 6.29 Å². The van der Waals surface area contributed by atoms with E-state index >= 15 is 0 Å². The molecule has 0 aromatic carbocycles. The highest BCUT2D eigenvalue weighted by Crippen LogP contribution is 2.28. The van der Waals surface area contributed by atoms with Gasteiger partial charge in [-0.3, -0.25) is 0 Å². The number of hydrogen-bond donors (Lipinski definition) is 0. The molecule has 0 aromatic heterocycles. The third-order valence-electron chi connectivity index (χ3n) is 2.08. The Balaban J connectivity index is 2.66. The van der Waals surface area contributed by atoms with Crippen molar-refractivity contribution in [3.8, 4) is 0 Å². The fourth-order valence-corrected chi connectivity index (χ4v) is 1.40. The van der Waals surface area contributed by atoms with Gasteiger partial charge in [0.1, 0.15) is 5.76 Å². The van der Waals surface area contributed by atoms with E-state index in [0.717, 1.165) is 12.2 Å². The van der Waals surface area contributed by atoms with Crippen molar-refractivity contribution in [3.05, 3.63) is 11.8 Å². The molecule has 0 aliphatic carbocycles. The molecule has 0 amide bonds. The van der Waals surface area contributed by atoms with E-state index in [1.807, 2.05) is 13.8 Å². The molecule has 0 spiro atoms. The molecule has 0 fully saturated rings. The molecule has 0 N–H and O–H groups in total. The van der Waals surface area contributed by atoms with Gasteiger partial charge in [-0.25, -0.2) is 0 Å². The molecular formula is C11H20O3. The Kier molecular flexibility index (Phi) is 3.96. The minimum atomic E-state index is -0.330. The van der Waals surface area contributed by atoms with Crippen LogP contribution in [0.2, 0.25) is 0 Å². The predicted octanol–water partition coefficient (Wildman–Crippen LogP) is 2.47. The number of rotatable bonds is 4. The summed E-state index contributed by atoms with van der Waals surface area (Å²) in [7, 11) is 0. The summed E-state index contributed by atoms with van der Waals surface area (Å²) in [5, 5.41) is 0. The smallest absolute Gasteiger partial charge is 0.216 e. The second-order valence-electron chi connectivity index (χ2n) is 3.91. The Labute approximate surface area is 86.0 Å². The predicted molar refractivity (Wildman–Crippen MR) is 54.9 cm³/mol. The highest BCUT2D eigenvalue weighted by Gasteiger charge is 2.31. The molecule has 1 unspecified atom stereocenters. The molecule has 1 aliphatic heterocycles. The quantitative estimate of drug-likeness (QED) is 0.697. The van der Waals surface area contributed by atoms with Gasteiger partial charge in [0.25, 0.3) is 0 Å². The van der Waals surface area contributed by atoms with Crippen molar-refractivity contribution in [2.75, 3.05) is 13.2 Å². The summed E-state index contributed by atoms with van der Waals surface area (Å²) in [4.78, 5) is 0. The molecule has 3 nitrogen and oxygen atoms in total. The summed E-state index contributed by atoms with van der Waals surface area (Å²) in [5.41, 5.74) is -0.152. The molecule has 0 bridgehead atoms. The average Bonchev–Trinajstić information content (AvgIpc) is 2.10. The van der Waals surface area contributed by atoms with Crippen molar-refractivity contribution in [1.82, 2.24) is 0 Å². The van der Waals surface area contributed by atoms with E-state index in [4.69, 9.17) is 14.2 Å². The molecule has 0 aromatic rings. The standard InChI is InChI=1S/C11H20O3/c1-5-12-9-7-8-11(3,4)14-10(9)13-6-2/h7,10H,5-6,8H2,1-4H3. The first-order valence-corrected chi connectivity index (χ1v) is 5.21. The maximum atomic E-state index is 5.76. The molecule has 82 valence electrons. The number of ether oxygens (including phenoxy) is 3. The van der Waals surface area contributed by atoms with Crippen molar-refractivity contribution in [3.63, 3.8) is 0 Å². The third-order valence-corrected chi connectivity index (χ3v) is 2.08. The molecule has 0 radical (unpaired) electrons. The van der Waals surface area contributed by atoms with Crippen LogP contribution in [0.5, 0.6) is 0 Å². The largest absolute Gasteiger partial charge is 0.493 e. The second-order valence-corrected chi connectivity index (χ2v) is 3.91. The Morgan fingerprint density at radius 1 is 1.43 bits per heavy atom. The van der Waals surface area contributed by atoms with Gasteiger partial charge in [-0.05, 0) is 40.2 Å². The summed E-state index contributed by atoms with van der Waals surface area (Å²) < 4.78 is 16.7. The fourth-order valence-electron chi connectivity index (χ4n) is 1.40. The molecule has 1 aliphatic rings. The maximum Gasteiger partial charge on any atom is 0.216 e. The summed E-state index contributed by atoms with van der Waals surface area (Å²) in [6.07, 6.45) is 2.60. The van der Waals surface area contributed by atoms with Gasteiger partial charge in [-0.15, -0.1) is 0 Å². The third kappa shape index (κ3) is 3.00. The van der Waals surface area contributed by atoms with Crippen LogP contribution in [0.25, 0.3) is 0 Å². The topological polar surface area (TPSA) is 27.7 Å². The Morgan fingerprint density at radius 3 is 2.71 bits per heavy atom. The Morgan fingerprint density at radius 2 is 2.14 bits per heavy atom. The van der Waals surface area contributed by atoms with Crippen LogP contribution in [0.15, 0.2) is 11.8 Å². The average molecular weight is 200 g/mol. The van der Waals surface area contributed by atoms with Gasteiger partial charge >= 0.3 is 0 Å². The van der Waals surface area contributed by atoms with Crippen molar-refractivity contribution in [2.45, 2.75) is 46.0 Å². The first kappa shape index (κ1) is 11.5. The van der Waals surface area contributed by atoms with Crippen LogP contribution in [0, 0.1) is 0 Å². The highest BCUT2D eigenvalue weighted by molar-refractivity contribution is 5.04. The fraction of sp³-hybridized carbons (Fsp3) is 0.818. The van der Waals surface area contributed by atoms with E-state index in [2.05, 4.69) is 19.9 Å². The summed E-state index contributed by atoms with van der Waals surface area (Å²) in [5.74, 6) is 0.814. The molecule has 3 heteroatoms. The molecule has 14 heavy (non-hydrogen) atoms. The lowest BCUT2D eigenvalue weighted by atomic mass is 10.0. The first-order valence-electron chi connectivity index (χ1n) is 5.21. The van der Waals surface area contributed by atoms with E-state index in [1.54, 1.807) is 0 Å². The Hall–Kier alpha value is -0.540. The van der Waals surface area contributed by atoms with Gasteiger partial charge < -0.3 is 14.2 Å². The normalized spacial score (nSPS) is 25.7. The van der Waals surface area contributed by atoms with Gasteiger partial charge in [-0.2, -0.15) is 0 Å². The minimum absolute atomic E-state index is 0.152. The van der Waals surface area contributed by atoms with E-state index in [9.17, 15) is 0 Å². The lowest BCUT2D eigenvalue weighted by Crippen LogP contribution is -2.37. The molecular weight excluding hydrogens is 180 g/mol. The SMILES string of the molecule is CCOC1=CCC(C)(C)OC1OCC. The van der Waals surface area contributed by atoms with Gasteiger partial charge in [0.15, 0.2) is 0 Å². The van der Waals surface area contributed by atoms with Crippen LogP contribution < -0.4 is 0 Å². The molecule has 1 atom stereocenters. The van der Waals surface area contributed by atoms with E-state index < -0.39 is 0 Å². The van der Waals surface area contributed by atoms with E-state index in [1.165, 1.54) is 0 Å². The summed E-state index contributed by atoms with van der Waals surface area (Å²) in [6, 6.07) is 0.